The number of amides is 1. The van der Waals surface area contributed by atoms with E-state index < -0.39 is 0 Å². The third-order valence-electron chi connectivity index (χ3n) is 5.94. The van der Waals surface area contributed by atoms with E-state index in [1.54, 1.807) is 0 Å². The molecule has 2 aromatic heterocycles. The molecule has 29 heavy (non-hydrogen) atoms. The third-order valence-corrected chi connectivity index (χ3v) is 5.94. The maximum Gasteiger partial charge on any atom is 0.254 e. The molecule has 2 aliphatic rings. The fourth-order valence-corrected chi connectivity index (χ4v) is 4.45. The SMILES string of the molecule is Nc1[nH]nc2nc(N3CCCCC3)c3c(c12)CCN(C(=O)c1ccc(F)cc1)C3. The molecule has 2 aliphatic heterocycles. The van der Waals surface area contributed by atoms with Gasteiger partial charge in [-0.15, -0.1) is 0 Å². The zero-order valence-corrected chi connectivity index (χ0v) is 16.1. The molecule has 1 amide bonds. The maximum absolute atomic E-state index is 13.2. The molecule has 0 aliphatic carbocycles. The van der Waals surface area contributed by atoms with Crippen LogP contribution in [0.25, 0.3) is 11.0 Å². The second-order valence-electron chi connectivity index (χ2n) is 7.76. The topological polar surface area (TPSA) is 91.1 Å². The molecule has 1 aromatic carbocycles. The van der Waals surface area contributed by atoms with Crippen LogP contribution in [-0.4, -0.2) is 45.6 Å². The first-order valence-corrected chi connectivity index (χ1v) is 10.1. The van der Waals surface area contributed by atoms with Gasteiger partial charge in [0, 0.05) is 37.3 Å². The van der Waals surface area contributed by atoms with Crippen molar-refractivity contribution in [2.75, 3.05) is 30.3 Å². The number of hydrogen-bond donors (Lipinski definition) is 2. The molecular formula is C21H23FN6O. The van der Waals surface area contributed by atoms with Gasteiger partial charge < -0.3 is 15.5 Å². The first-order valence-electron chi connectivity index (χ1n) is 10.1. The van der Waals surface area contributed by atoms with E-state index in [9.17, 15) is 9.18 Å². The molecule has 1 fully saturated rings. The Morgan fingerprint density at radius 1 is 1.07 bits per heavy atom. The normalized spacial score (nSPS) is 16.9. The summed E-state index contributed by atoms with van der Waals surface area (Å²) in [6.45, 7) is 2.95. The van der Waals surface area contributed by atoms with Crippen molar-refractivity contribution in [1.29, 1.82) is 0 Å². The lowest BCUT2D eigenvalue weighted by atomic mass is 9.96. The van der Waals surface area contributed by atoms with Crippen LogP contribution in [-0.2, 0) is 13.0 Å². The molecule has 3 aromatic rings. The molecule has 150 valence electrons. The molecule has 0 unspecified atom stereocenters. The van der Waals surface area contributed by atoms with E-state index in [-0.39, 0.29) is 11.7 Å². The summed E-state index contributed by atoms with van der Waals surface area (Å²) in [7, 11) is 0. The summed E-state index contributed by atoms with van der Waals surface area (Å²) in [5.74, 6) is 0.989. The predicted molar refractivity (Wildman–Crippen MR) is 109 cm³/mol. The van der Waals surface area contributed by atoms with Crippen LogP contribution >= 0.6 is 0 Å². The number of carbonyl (C=O) groups is 1. The summed E-state index contributed by atoms with van der Waals surface area (Å²) in [5, 5.41) is 8.01. The van der Waals surface area contributed by atoms with Crippen molar-refractivity contribution in [2.24, 2.45) is 0 Å². The van der Waals surface area contributed by atoms with Crippen LogP contribution in [0, 0.1) is 5.82 Å². The Kier molecular flexibility index (Phi) is 4.34. The van der Waals surface area contributed by atoms with Gasteiger partial charge in [0.1, 0.15) is 17.5 Å². The molecule has 7 nitrogen and oxygen atoms in total. The summed E-state index contributed by atoms with van der Waals surface area (Å²) in [5.41, 5.74) is 9.45. The first-order chi connectivity index (χ1) is 14.1. The van der Waals surface area contributed by atoms with E-state index in [1.807, 2.05) is 4.90 Å². The number of rotatable bonds is 2. The summed E-state index contributed by atoms with van der Waals surface area (Å²) in [4.78, 5) is 22.0. The average molecular weight is 394 g/mol. The second-order valence-corrected chi connectivity index (χ2v) is 7.76. The van der Waals surface area contributed by atoms with Crippen LogP contribution in [0.1, 0.15) is 40.7 Å². The van der Waals surface area contributed by atoms with Gasteiger partial charge in [-0.2, -0.15) is 5.10 Å². The van der Waals surface area contributed by atoms with E-state index in [4.69, 9.17) is 10.7 Å². The molecule has 0 saturated carbocycles. The minimum Gasteiger partial charge on any atom is -0.384 e. The summed E-state index contributed by atoms with van der Waals surface area (Å²) in [6.07, 6.45) is 4.18. The van der Waals surface area contributed by atoms with Crippen molar-refractivity contribution in [1.82, 2.24) is 20.1 Å². The van der Waals surface area contributed by atoms with Crippen LogP contribution in [0.2, 0.25) is 0 Å². The lowest BCUT2D eigenvalue weighted by Crippen LogP contribution is -2.38. The lowest BCUT2D eigenvalue weighted by molar-refractivity contribution is 0.0735. The van der Waals surface area contributed by atoms with Gasteiger partial charge in [-0.1, -0.05) is 0 Å². The number of hydrogen-bond acceptors (Lipinski definition) is 5. The zero-order chi connectivity index (χ0) is 20.0. The van der Waals surface area contributed by atoms with E-state index in [1.165, 1.54) is 30.7 Å². The van der Waals surface area contributed by atoms with E-state index >= 15 is 0 Å². The average Bonchev–Trinajstić information content (AvgIpc) is 3.14. The standard InChI is InChI=1S/C21H23FN6O/c22-14-6-4-13(5-7-14)21(29)28-11-8-15-16(12-28)20(27-9-2-1-3-10-27)24-19-17(15)18(23)25-26-19/h4-7H,1-3,8-12H2,(H3,23,24,25,26). The zero-order valence-electron chi connectivity index (χ0n) is 16.1. The van der Waals surface area contributed by atoms with Crippen LogP contribution < -0.4 is 10.6 Å². The molecule has 8 heteroatoms. The predicted octanol–water partition coefficient (Wildman–Crippen LogP) is 2.87. The Bertz CT molecular complexity index is 1070. The number of H-pyrrole nitrogens is 1. The van der Waals surface area contributed by atoms with Crippen molar-refractivity contribution >= 4 is 28.6 Å². The number of piperidine rings is 1. The highest BCUT2D eigenvalue weighted by Crippen LogP contribution is 2.36. The van der Waals surface area contributed by atoms with Gasteiger partial charge in [0.15, 0.2) is 5.65 Å². The number of benzene rings is 1. The number of nitrogens with two attached hydrogens (primary N) is 1. The van der Waals surface area contributed by atoms with Crippen molar-refractivity contribution in [3.8, 4) is 0 Å². The van der Waals surface area contributed by atoms with Gasteiger partial charge in [0.05, 0.1) is 5.39 Å². The largest absolute Gasteiger partial charge is 0.384 e. The van der Waals surface area contributed by atoms with E-state index in [0.29, 0.717) is 36.5 Å². The molecular weight excluding hydrogens is 371 g/mol. The summed E-state index contributed by atoms with van der Waals surface area (Å²) < 4.78 is 13.2. The number of nitrogens with one attached hydrogen (secondary N) is 1. The van der Waals surface area contributed by atoms with Crippen LogP contribution in [0.4, 0.5) is 16.0 Å². The lowest BCUT2D eigenvalue weighted by Gasteiger charge is -2.35. The number of aromatic amines is 1. The molecule has 0 radical (unpaired) electrons. The number of carbonyl (C=O) groups excluding carboxylic acids is 1. The molecule has 4 heterocycles. The third kappa shape index (κ3) is 3.08. The number of anilines is 2. The van der Waals surface area contributed by atoms with E-state index in [2.05, 4.69) is 15.1 Å². The van der Waals surface area contributed by atoms with Crippen molar-refractivity contribution < 1.29 is 9.18 Å². The highest BCUT2D eigenvalue weighted by atomic mass is 19.1. The van der Waals surface area contributed by atoms with Gasteiger partial charge in [0.25, 0.3) is 5.91 Å². The van der Waals surface area contributed by atoms with Gasteiger partial charge in [-0.3, -0.25) is 9.89 Å². The van der Waals surface area contributed by atoms with Crippen molar-refractivity contribution in [3.05, 3.63) is 46.8 Å². The van der Waals surface area contributed by atoms with E-state index in [0.717, 1.165) is 48.3 Å². The Labute approximate surface area is 167 Å². The number of halogens is 1. The van der Waals surface area contributed by atoms with Crippen LogP contribution in [0.3, 0.4) is 0 Å². The number of pyridine rings is 1. The fraction of sp³-hybridized carbons (Fsp3) is 0.381. The highest BCUT2D eigenvalue weighted by molar-refractivity contribution is 5.96. The fourth-order valence-electron chi connectivity index (χ4n) is 4.45. The number of aromatic nitrogens is 3. The molecule has 0 atom stereocenters. The minimum atomic E-state index is -0.347. The molecule has 1 saturated heterocycles. The molecule has 0 bridgehead atoms. The number of nitrogens with zero attached hydrogens (tertiary/aromatic N) is 4. The maximum atomic E-state index is 13.2. The summed E-state index contributed by atoms with van der Waals surface area (Å²) >= 11 is 0. The number of fused-ring (bicyclic) bond motifs is 3. The Morgan fingerprint density at radius 2 is 1.83 bits per heavy atom. The van der Waals surface area contributed by atoms with Crippen LogP contribution in [0.5, 0.6) is 0 Å². The Hall–Kier alpha value is -3.16. The number of nitrogen functional groups attached to an aromatic ring is 1. The van der Waals surface area contributed by atoms with Crippen molar-refractivity contribution in [3.63, 3.8) is 0 Å². The quantitative estimate of drug-likeness (QED) is 0.697. The molecule has 3 N–H and O–H groups in total. The van der Waals surface area contributed by atoms with Gasteiger partial charge >= 0.3 is 0 Å². The Balaban J connectivity index is 1.55. The summed E-state index contributed by atoms with van der Waals surface area (Å²) in [6, 6.07) is 5.71. The monoisotopic (exact) mass is 394 g/mol. The Morgan fingerprint density at radius 3 is 2.59 bits per heavy atom. The van der Waals surface area contributed by atoms with Gasteiger partial charge in [0.2, 0.25) is 0 Å². The smallest absolute Gasteiger partial charge is 0.254 e. The minimum absolute atomic E-state index is 0.0968. The molecule has 0 spiro atoms. The second kappa shape index (κ2) is 7.02. The van der Waals surface area contributed by atoms with Crippen molar-refractivity contribution in [2.45, 2.75) is 32.2 Å². The van der Waals surface area contributed by atoms with Crippen LogP contribution in [0.15, 0.2) is 24.3 Å². The first kappa shape index (κ1) is 17.9. The highest BCUT2D eigenvalue weighted by Gasteiger charge is 2.30. The molecule has 5 rings (SSSR count). The van der Waals surface area contributed by atoms with Gasteiger partial charge in [-0.05, 0) is 55.5 Å². The van der Waals surface area contributed by atoms with Gasteiger partial charge in [-0.25, -0.2) is 9.37 Å².